The van der Waals surface area contributed by atoms with Crippen LogP contribution in [0, 0.1) is 0 Å². The lowest BCUT2D eigenvalue weighted by Crippen LogP contribution is -2.41. The van der Waals surface area contributed by atoms with Crippen LogP contribution in [0.1, 0.15) is 38.7 Å². The lowest BCUT2D eigenvalue weighted by molar-refractivity contribution is -0.116. The van der Waals surface area contributed by atoms with Crippen LogP contribution in [-0.4, -0.2) is 15.0 Å². The summed E-state index contributed by atoms with van der Waals surface area (Å²) < 4.78 is 2.58. The topological polar surface area (TPSA) is 73.1 Å². The summed E-state index contributed by atoms with van der Waals surface area (Å²) in [6.45, 7) is 6.18. The van der Waals surface area contributed by atoms with Crippen LogP contribution in [0.5, 0.6) is 0 Å². The molecule has 0 saturated carbocycles. The average Bonchev–Trinajstić information content (AvgIpc) is 2.68. The highest BCUT2D eigenvalue weighted by atomic mass is 16.2. The Kier molecular flexibility index (Phi) is 5.78. The molecule has 1 amide bonds. The summed E-state index contributed by atoms with van der Waals surface area (Å²) >= 11 is 0. The van der Waals surface area contributed by atoms with Gasteiger partial charge in [0.15, 0.2) is 0 Å². The highest BCUT2D eigenvalue weighted by Crippen LogP contribution is 2.23. The first-order valence-corrected chi connectivity index (χ1v) is 9.55. The molecule has 146 valence electrons. The minimum Gasteiger partial charge on any atom is -0.324 e. The molecule has 0 aliphatic heterocycles. The number of hydrogen-bond acceptors (Lipinski definition) is 3. The third-order valence-electron chi connectivity index (χ3n) is 4.74. The minimum absolute atomic E-state index is 0.157. The number of aromatic nitrogens is 2. The van der Waals surface area contributed by atoms with E-state index in [0.717, 1.165) is 11.3 Å². The van der Waals surface area contributed by atoms with Gasteiger partial charge in [-0.25, -0.2) is 4.79 Å². The van der Waals surface area contributed by atoms with Crippen molar-refractivity contribution in [3.05, 3.63) is 74.9 Å². The van der Waals surface area contributed by atoms with E-state index in [1.807, 2.05) is 31.2 Å². The zero-order chi connectivity index (χ0) is 20.3. The third-order valence-corrected chi connectivity index (χ3v) is 4.74. The number of para-hydroxylation sites is 2. The van der Waals surface area contributed by atoms with Crippen LogP contribution >= 0.6 is 0 Å². The van der Waals surface area contributed by atoms with Gasteiger partial charge in [0.05, 0.1) is 10.9 Å². The van der Waals surface area contributed by atoms with Gasteiger partial charge in [-0.05, 0) is 36.1 Å². The second-order valence-corrected chi connectivity index (χ2v) is 7.13. The standard InChI is InChI=1S/C22H25N3O3/c1-4-13-24-21(27)17-10-6-8-12-19(17)25(22(24)28)14-20(26)23-18-11-7-5-9-16(18)15(2)3/h5-12,15H,4,13-14H2,1-3H3,(H,23,26). The summed E-state index contributed by atoms with van der Waals surface area (Å²) in [7, 11) is 0. The molecule has 0 radical (unpaired) electrons. The van der Waals surface area contributed by atoms with Crippen LogP contribution in [0.3, 0.4) is 0 Å². The molecule has 1 aromatic heterocycles. The van der Waals surface area contributed by atoms with Gasteiger partial charge in [0.1, 0.15) is 6.54 Å². The Bertz CT molecular complexity index is 1130. The van der Waals surface area contributed by atoms with Gasteiger partial charge >= 0.3 is 5.69 Å². The number of carbonyl (C=O) groups excluding carboxylic acids is 1. The molecule has 1 heterocycles. The van der Waals surface area contributed by atoms with Crippen LogP contribution in [0.2, 0.25) is 0 Å². The van der Waals surface area contributed by atoms with Crippen molar-refractivity contribution in [1.82, 2.24) is 9.13 Å². The first kappa shape index (κ1) is 19.6. The highest BCUT2D eigenvalue weighted by Gasteiger charge is 2.16. The molecule has 6 heteroatoms. The second kappa shape index (κ2) is 8.25. The molecule has 2 aromatic carbocycles. The molecule has 0 spiro atoms. The van der Waals surface area contributed by atoms with Crippen LogP contribution in [-0.2, 0) is 17.9 Å². The summed E-state index contributed by atoms with van der Waals surface area (Å²) in [6, 6.07) is 14.5. The molecule has 0 aliphatic rings. The first-order valence-electron chi connectivity index (χ1n) is 9.55. The van der Waals surface area contributed by atoms with Gasteiger partial charge in [-0.1, -0.05) is 51.1 Å². The van der Waals surface area contributed by atoms with Crippen molar-refractivity contribution >= 4 is 22.5 Å². The fourth-order valence-corrected chi connectivity index (χ4v) is 3.39. The van der Waals surface area contributed by atoms with Crippen molar-refractivity contribution in [1.29, 1.82) is 0 Å². The quantitative estimate of drug-likeness (QED) is 0.714. The van der Waals surface area contributed by atoms with Gasteiger partial charge < -0.3 is 5.32 Å². The lowest BCUT2D eigenvalue weighted by atomic mass is 10.0. The Morgan fingerprint density at radius 2 is 1.68 bits per heavy atom. The number of amides is 1. The summed E-state index contributed by atoms with van der Waals surface area (Å²) in [5.41, 5.74) is 1.46. The Morgan fingerprint density at radius 3 is 2.39 bits per heavy atom. The molecule has 28 heavy (non-hydrogen) atoms. The molecule has 0 saturated heterocycles. The van der Waals surface area contributed by atoms with E-state index in [1.165, 1.54) is 9.13 Å². The predicted octanol–water partition coefficient (Wildman–Crippen LogP) is 3.34. The summed E-state index contributed by atoms with van der Waals surface area (Å²) in [6.07, 6.45) is 0.654. The van der Waals surface area contributed by atoms with E-state index in [2.05, 4.69) is 19.2 Å². The van der Waals surface area contributed by atoms with Gasteiger partial charge in [0, 0.05) is 12.2 Å². The van der Waals surface area contributed by atoms with Gasteiger partial charge in [-0.15, -0.1) is 0 Å². The van der Waals surface area contributed by atoms with Gasteiger partial charge in [0.25, 0.3) is 5.56 Å². The van der Waals surface area contributed by atoms with Gasteiger partial charge in [-0.2, -0.15) is 0 Å². The van der Waals surface area contributed by atoms with E-state index in [1.54, 1.807) is 24.3 Å². The maximum Gasteiger partial charge on any atom is 0.331 e. The first-order chi connectivity index (χ1) is 13.4. The molecule has 0 unspecified atom stereocenters. The van der Waals surface area contributed by atoms with Crippen LogP contribution in [0.15, 0.2) is 58.1 Å². The lowest BCUT2D eigenvalue weighted by Gasteiger charge is -2.16. The number of hydrogen-bond donors (Lipinski definition) is 1. The Balaban J connectivity index is 2.02. The molecule has 0 bridgehead atoms. The second-order valence-electron chi connectivity index (χ2n) is 7.13. The summed E-state index contributed by atoms with van der Waals surface area (Å²) in [4.78, 5) is 38.3. The molecular formula is C22H25N3O3. The fraction of sp³-hybridized carbons (Fsp3) is 0.318. The minimum atomic E-state index is -0.460. The zero-order valence-corrected chi connectivity index (χ0v) is 16.4. The zero-order valence-electron chi connectivity index (χ0n) is 16.4. The van der Waals surface area contributed by atoms with Gasteiger partial charge in [0.2, 0.25) is 5.91 Å². The number of rotatable bonds is 6. The molecule has 6 nitrogen and oxygen atoms in total. The van der Waals surface area contributed by atoms with Crippen LogP contribution < -0.4 is 16.6 Å². The molecular weight excluding hydrogens is 354 g/mol. The molecule has 3 rings (SSSR count). The SMILES string of the molecule is CCCn1c(=O)c2ccccc2n(CC(=O)Nc2ccccc2C(C)C)c1=O. The van der Waals surface area contributed by atoms with E-state index in [0.29, 0.717) is 23.9 Å². The van der Waals surface area contributed by atoms with E-state index < -0.39 is 5.69 Å². The normalized spacial score (nSPS) is 11.1. The van der Waals surface area contributed by atoms with E-state index in [-0.39, 0.29) is 23.9 Å². The Labute approximate surface area is 163 Å². The number of benzene rings is 2. The fourth-order valence-electron chi connectivity index (χ4n) is 3.39. The van der Waals surface area contributed by atoms with Crippen molar-refractivity contribution in [2.24, 2.45) is 0 Å². The van der Waals surface area contributed by atoms with Gasteiger partial charge in [-0.3, -0.25) is 18.7 Å². The number of fused-ring (bicyclic) bond motifs is 1. The highest BCUT2D eigenvalue weighted by molar-refractivity contribution is 5.92. The van der Waals surface area contributed by atoms with E-state index in [9.17, 15) is 14.4 Å². The van der Waals surface area contributed by atoms with Crippen molar-refractivity contribution in [3.63, 3.8) is 0 Å². The predicted molar refractivity (Wildman–Crippen MR) is 112 cm³/mol. The summed E-state index contributed by atoms with van der Waals surface area (Å²) in [5.74, 6) is -0.0476. The maximum absolute atomic E-state index is 12.9. The average molecular weight is 379 g/mol. The van der Waals surface area contributed by atoms with Crippen molar-refractivity contribution < 1.29 is 4.79 Å². The monoisotopic (exact) mass is 379 g/mol. The molecule has 0 atom stereocenters. The number of carbonyl (C=O) groups is 1. The number of nitrogens with one attached hydrogen (secondary N) is 1. The third kappa shape index (κ3) is 3.76. The molecule has 1 N–H and O–H groups in total. The largest absolute Gasteiger partial charge is 0.331 e. The van der Waals surface area contributed by atoms with Crippen LogP contribution in [0.25, 0.3) is 10.9 Å². The number of nitrogens with zero attached hydrogens (tertiary/aromatic N) is 2. The van der Waals surface area contributed by atoms with Crippen molar-refractivity contribution in [2.45, 2.75) is 46.2 Å². The van der Waals surface area contributed by atoms with Crippen molar-refractivity contribution in [3.8, 4) is 0 Å². The molecule has 0 fully saturated rings. The summed E-state index contributed by atoms with van der Waals surface area (Å²) in [5, 5.41) is 3.35. The van der Waals surface area contributed by atoms with E-state index in [4.69, 9.17) is 0 Å². The van der Waals surface area contributed by atoms with Crippen molar-refractivity contribution in [2.75, 3.05) is 5.32 Å². The van der Waals surface area contributed by atoms with E-state index >= 15 is 0 Å². The maximum atomic E-state index is 12.9. The van der Waals surface area contributed by atoms with Crippen LogP contribution in [0.4, 0.5) is 5.69 Å². The smallest absolute Gasteiger partial charge is 0.324 e. The Morgan fingerprint density at radius 1 is 1.00 bits per heavy atom. The molecule has 0 aliphatic carbocycles. The Hall–Kier alpha value is -3.15. The molecule has 3 aromatic rings. The number of anilines is 1.